The minimum absolute atomic E-state index is 0.0256. The van der Waals surface area contributed by atoms with Gasteiger partial charge in [0.2, 0.25) is 0 Å². The van der Waals surface area contributed by atoms with Gasteiger partial charge in [0, 0.05) is 35.8 Å². The zero-order chi connectivity index (χ0) is 16.8. The van der Waals surface area contributed by atoms with Crippen LogP contribution in [-0.2, 0) is 0 Å². The number of pyridine rings is 1. The smallest absolute Gasteiger partial charge is 0.163 e. The summed E-state index contributed by atoms with van der Waals surface area (Å²) in [4.78, 5) is 13.1. The molecular formula is C18H19N5O. The Labute approximate surface area is 140 Å². The molecule has 1 aromatic carbocycles. The van der Waals surface area contributed by atoms with Gasteiger partial charge in [-0.25, -0.2) is 9.97 Å². The van der Waals surface area contributed by atoms with Gasteiger partial charge < -0.3 is 15.7 Å². The molecule has 6 heteroatoms. The van der Waals surface area contributed by atoms with E-state index in [0.717, 1.165) is 11.3 Å². The maximum absolute atomic E-state index is 9.26. The summed E-state index contributed by atoms with van der Waals surface area (Å²) in [5.74, 6) is 1.94. The molecule has 0 radical (unpaired) electrons. The second-order valence-corrected chi connectivity index (χ2v) is 5.42. The molecule has 6 nitrogen and oxygen atoms in total. The molecule has 0 saturated heterocycles. The molecule has 2 aromatic heterocycles. The topological polar surface area (TPSA) is 83.0 Å². The predicted octanol–water partition coefficient (Wildman–Crippen LogP) is 3.07. The third kappa shape index (κ3) is 4.05. The lowest BCUT2D eigenvalue weighted by atomic mass is 10.2. The molecule has 0 amide bonds. The van der Waals surface area contributed by atoms with Crippen LogP contribution < -0.4 is 10.6 Å². The quantitative estimate of drug-likeness (QED) is 0.647. The maximum Gasteiger partial charge on any atom is 0.163 e. The van der Waals surface area contributed by atoms with Gasteiger partial charge in [-0.1, -0.05) is 30.3 Å². The molecule has 24 heavy (non-hydrogen) atoms. The van der Waals surface area contributed by atoms with E-state index in [1.807, 2.05) is 55.5 Å². The Morgan fingerprint density at radius 3 is 2.42 bits per heavy atom. The van der Waals surface area contributed by atoms with Crippen LogP contribution in [0.5, 0.6) is 0 Å². The van der Waals surface area contributed by atoms with Crippen LogP contribution in [0, 0.1) is 0 Å². The second-order valence-electron chi connectivity index (χ2n) is 5.42. The molecule has 3 rings (SSSR count). The van der Waals surface area contributed by atoms with Crippen LogP contribution in [-0.4, -0.2) is 32.7 Å². The number of anilines is 3. The molecular weight excluding hydrogens is 302 g/mol. The highest BCUT2D eigenvalue weighted by Gasteiger charge is 2.09. The first-order valence-electron chi connectivity index (χ1n) is 7.73. The summed E-state index contributed by atoms with van der Waals surface area (Å²) < 4.78 is 0. The molecule has 0 aliphatic carbocycles. The number of benzene rings is 1. The second kappa shape index (κ2) is 7.52. The first-order chi connectivity index (χ1) is 11.7. The summed E-state index contributed by atoms with van der Waals surface area (Å²) in [6.07, 6.45) is 3.43. The van der Waals surface area contributed by atoms with E-state index in [4.69, 9.17) is 0 Å². The molecule has 2 heterocycles. The Hall–Kier alpha value is -2.99. The molecule has 0 bridgehead atoms. The summed E-state index contributed by atoms with van der Waals surface area (Å²) in [5, 5.41) is 15.7. The summed E-state index contributed by atoms with van der Waals surface area (Å²) in [7, 11) is 0. The van der Waals surface area contributed by atoms with Gasteiger partial charge in [0.15, 0.2) is 5.82 Å². The molecule has 1 atom stereocenters. The van der Waals surface area contributed by atoms with Crippen molar-refractivity contribution < 1.29 is 5.11 Å². The highest BCUT2D eigenvalue weighted by Crippen LogP contribution is 2.22. The molecule has 0 spiro atoms. The minimum Gasteiger partial charge on any atom is -0.394 e. The standard InChI is InChI=1S/C18H19N5O/c1-13(12-24)20-16-11-17(21-15-7-9-19-10-8-15)23-18(22-16)14-5-3-2-4-6-14/h2-11,13,24H,12H2,1H3,(H2,19,20,21,22,23). The first kappa shape index (κ1) is 15.9. The van der Waals surface area contributed by atoms with Gasteiger partial charge in [0.25, 0.3) is 0 Å². The van der Waals surface area contributed by atoms with E-state index in [1.54, 1.807) is 12.4 Å². The fraction of sp³-hybridized carbons (Fsp3) is 0.167. The van der Waals surface area contributed by atoms with Gasteiger partial charge in [0.1, 0.15) is 11.6 Å². The molecule has 3 aromatic rings. The van der Waals surface area contributed by atoms with Crippen LogP contribution in [0.2, 0.25) is 0 Å². The number of hydrogen-bond donors (Lipinski definition) is 3. The van der Waals surface area contributed by atoms with Crippen molar-refractivity contribution in [3.63, 3.8) is 0 Å². The monoisotopic (exact) mass is 321 g/mol. The fourth-order valence-electron chi connectivity index (χ4n) is 2.18. The largest absolute Gasteiger partial charge is 0.394 e. The molecule has 122 valence electrons. The maximum atomic E-state index is 9.26. The number of aliphatic hydroxyl groups is 1. The molecule has 0 aliphatic heterocycles. The lowest BCUT2D eigenvalue weighted by Crippen LogP contribution is -2.20. The third-order valence-electron chi connectivity index (χ3n) is 3.38. The van der Waals surface area contributed by atoms with Crippen LogP contribution in [0.15, 0.2) is 60.9 Å². The highest BCUT2D eigenvalue weighted by atomic mass is 16.3. The number of hydrogen-bond acceptors (Lipinski definition) is 6. The van der Waals surface area contributed by atoms with Gasteiger partial charge >= 0.3 is 0 Å². The molecule has 0 fully saturated rings. The summed E-state index contributed by atoms with van der Waals surface area (Å²) in [6.45, 7) is 1.91. The summed E-state index contributed by atoms with van der Waals surface area (Å²) in [5.41, 5.74) is 1.82. The van der Waals surface area contributed by atoms with Crippen LogP contribution >= 0.6 is 0 Å². The van der Waals surface area contributed by atoms with Crippen LogP contribution in [0.3, 0.4) is 0 Å². The van der Waals surface area contributed by atoms with Gasteiger partial charge in [-0.05, 0) is 19.1 Å². The van der Waals surface area contributed by atoms with Crippen LogP contribution in [0.4, 0.5) is 17.3 Å². The van der Waals surface area contributed by atoms with Crippen LogP contribution in [0.25, 0.3) is 11.4 Å². The lowest BCUT2D eigenvalue weighted by molar-refractivity contribution is 0.281. The van der Waals surface area contributed by atoms with Crippen molar-refractivity contribution >= 4 is 17.3 Å². The third-order valence-corrected chi connectivity index (χ3v) is 3.38. The van der Waals surface area contributed by atoms with Crippen molar-refractivity contribution in [2.45, 2.75) is 13.0 Å². The lowest BCUT2D eigenvalue weighted by Gasteiger charge is -2.14. The summed E-state index contributed by atoms with van der Waals surface area (Å²) in [6, 6.07) is 15.2. The van der Waals surface area contributed by atoms with Gasteiger partial charge in [-0.3, -0.25) is 4.98 Å². The number of nitrogens with one attached hydrogen (secondary N) is 2. The van der Waals surface area contributed by atoms with Crippen molar-refractivity contribution in [1.82, 2.24) is 15.0 Å². The number of aromatic nitrogens is 3. The summed E-state index contributed by atoms with van der Waals surface area (Å²) >= 11 is 0. The normalized spacial score (nSPS) is 11.8. The highest BCUT2D eigenvalue weighted by molar-refractivity contribution is 5.64. The van der Waals surface area contributed by atoms with E-state index in [-0.39, 0.29) is 12.6 Å². The van der Waals surface area contributed by atoms with E-state index in [1.165, 1.54) is 0 Å². The number of aliphatic hydroxyl groups excluding tert-OH is 1. The number of rotatable bonds is 6. The van der Waals surface area contributed by atoms with Crippen molar-refractivity contribution in [3.05, 3.63) is 60.9 Å². The van der Waals surface area contributed by atoms with E-state index in [9.17, 15) is 5.11 Å². The predicted molar refractivity (Wildman–Crippen MR) is 95.2 cm³/mol. The zero-order valence-electron chi connectivity index (χ0n) is 13.3. The Morgan fingerprint density at radius 2 is 1.71 bits per heavy atom. The average molecular weight is 321 g/mol. The molecule has 0 aliphatic rings. The fourth-order valence-corrected chi connectivity index (χ4v) is 2.18. The Bertz CT molecular complexity index is 780. The van der Waals surface area contributed by atoms with Crippen molar-refractivity contribution in [2.75, 3.05) is 17.2 Å². The Morgan fingerprint density at radius 1 is 1.00 bits per heavy atom. The molecule has 3 N–H and O–H groups in total. The van der Waals surface area contributed by atoms with Crippen molar-refractivity contribution in [1.29, 1.82) is 0 Å². The average Bonchev–Trinajstić information content (AvgIpc) is 2.63. The Balaban J connectivity index is 1.96. The van der Waals surface area contributed by atoms with E-state index < -0.39 is 0 Å². The molecule has 1 unspecified atom stereocenters. The zero-order valence-corrected chi connectivity index (χ0v) is 13.3. The van der Waals surface area contributed by atoms with E-state index in [0.29, 0.717) is 17.5 Å². The van der Waals surface area contributed by atoms with Crippen molar-refractivity contribution in [2.24, 2.45) is 0 Å². The first-order valence-corrected chi connectivity index (χ1v) is 7.73. The van der Waals surface area contributed by atoms with Crippen molar-refractivity contribution in [3.8, 4) is 11.4 Å². The number of nitrogens with zero attached hydrogens (tertiary/aromatic N) is 3. The van der Waals surface area contributed by atoms with E-state index in [2.05, 4.69) is 25.6 Å². The molecule has 0 saturated carbocycles. The van der Waals surface area contributed by atoms with Gasteiger partial charge in [-0.15, -0.1) is 0 Å². The van der Waals surface area contributed by atoms with Crippen LogP contribution in [0.1, 0.15) is 6.92 Å². The minimum atomic E-state index is -0.0997. The SMILES string of the molecule is CC(CO)Nc1cc(Nc2ccncc2)nc(-c2ccccc2)n1. The van der Waals surface area contributed by atoms with Gasteiger partial charge in [-0.2, -0.15) is 0 Å². The van der Waals surface area contributed by atoms with Gasteiger partial charge in [0.05, 0.1) is 6.61 Å². The van der Waals surface area contributed by atoms with E-state index >= 15 is 0 Å². The Kier molecular flexibility index (Phi) is 4.98.